The van der Waals surface area contributed by atoms with Gasteiger partial charge < -0.3 is 4.74 Å². The van der Waals surface area contributed by atoms with Crippen molar-refractivity contribution in [3.63, 3.8) is 0 Å². The van der Waals surface area contributed by atoms with E-state index in [9.17, 15) is 0 Å². The molecular weight excluding hydrogens is 356 g/mol. The summed E-state index contributed by atoms with van der Waals surface area (Å²) < 4.78 is 6.37. The molecule has 5 rings (SSSR count). The lowest BCUT2D eigenvalue weighted by molar-refractivity contribution is -0.0190. The lowest BCUT2D eigenvalue weighted by Gasteiger charge is -2.38. The van der Waals surface area contributed by atoms with Gasteiger partial charge in [-0.1, -0.05) is 71.8 Å². The van der Waals surface area contributed by atoms with Crippen LogP contribution >= 0.6 is 11.6 Å². The summed E-state index contributed by atoms with van der Waals surface area (Å²) in [5, 5.41) is 7.82. The van der Waals surface area contributed by atoms with Crippen LogP contribution in [0.25, 0.3) is 0 Å². The van der Waals surface area contributed by atoms with Gasteiger partial charge in [0.05, 0.1) is 11.8 Å². The third kappa shape index (κ3) is 2.88. The first-order valence-corrected chi connectivity index (χ1v) is 9.51. The summed E-state index contributed by atoms with van der Waals surface area (Å²) >= 11 is 6.05. The van der Waals surface area contributed by atoms with Gasteiger partial charge in [0.2, 0.25) is 6.23 Å². The molecule has 3 nitrogen and oxygen atoms in total. The predicted molar refractivity (Wildman–Crippen MR) is 108 cm³/mol. The highest BCUT2D eigenvalue weighted by atomic mass is 35.5. The number of para-hydroxylation sites is 1. The molecule has 3 aromatic carbocycles. The number of halogens is 1. The zero-order valence-electron chi connectivity index (χ0n) is 15.0. The van der Waals surface area contributed by atoms with Crippen LogP contribution in [0, 0.1) is 6.92 Å². The molecule has 0 aliphatic carbocycles. The molecule has 2 aliphatic heterocycles. The Kier molecular flexibility index (Phi) is 3.91. The van der Waals surface area contributed by atoms with Crippen LogP contribution in [0.3, 0.4) is 0 Å². The highest BCUT2D eigenvalue weighted by Gasteiger charge is 2.40. The van der Waals surface area contributed by atoms with Gasteiger partial charge in [-0.15, -0.1) is 0 Å². The lowest BCUT2D eigenvalue weighted by atomic mass is 9.96. The van der Waals surface area contributed by atoms with Gasteiger partial charge in [0.15, 0.2) is 0 Å². The lowest BCUT2D eigenvalue weighted by Crippen LogP contribution is -2.33. The maximum Gasteiger partial charge on any atom is 0.213 e. The van der Waals surface area contributed by atoms with Gasteiger partial charge in [-0.25, -0.2) is 5.01 Å². The van der Waals surface area contributed by atoms with E-state index in [1.807, 2.05) is 36.4 Å². The normalized spacial score (nSPS) is 20.5. The molecule has 0 saturated carbocycles. The second kappa shape index (κ2) is 6.43. The average Bonchev–Trinajstić information content (AvgIpc) is 3.14. The molecule has 4 heteroatoms. The van der Waals surface area contributed by atoms with Gasteiger partial charge >= 0.3 is 0 Å². The van der Waals surface area contributed by atoms with E-state index >= 15 is 0 Å². The Labute approximate surface area is 163 Å². The van der Waals surface area contributed by atoms with E-state index in [1.165, 1.54) is 11.1 Å². The monoisotopic (exact) mass is 374 g/mol. The van der Waals surface area contributed by atoms with E-state index in [0.29, 0.717) is 0 Å². The molecule has 0 saturated heterocycles. The summed E-state index contributed by atoms with van der Waals surface area (Å²) in [6.07, 6.45) is 0.625. The highest BCUT2D eigenvalue weighted by molar-refractivity contribution is 6.30. The van der Waals surface area contributed by atoms with Crippen molar-refractivity contribution in [2.75, 3.05) is 0 Å². The Morgan fingerprint density at radius 2 is 1.70 bits per heavy atom. The van der Waals surface area contributed by atoms with Crippen molar-refractivity contribution in [1.82, 2.24) is 5.01 Å². The zero-order chi connectivity index (χ0) is 18.4. The third-order valence-corrected chi connectivity index (χ3v) is 5.49. The Morgan fingerprint density at radius 1 is 0.963 bits per heavy atom. The molecule has 0 bridgehead atoms. The van der Waals surface area contributed by atoms with Crippen molar-refractivity contribution in [2.45, 2.75) is 25.6 Å². The largest absolute Gasteiger partial charge is 0.464 e. The summed E-state index contributed by atoms with van der Waals surface area (Å²) in [7, 11) is 0. The smallest absolute Gasteiger partial charge is 0.213 e. The van der Waals surface area contributed by atoms with Crippen molar-refractivity contribution >= 4 is 17.3 Å². The van der Waals surface area contributed by atoms with Crippen LogP contribution < -0.4 is 4.74 Å². The average molecular weight is 375 g/mol. The number of benzene rings is 3. The first kappa shape index (κ1) is 16.4. The van der Waals surface area contributed by atoms with Crippen molar-refractivity contribution in [1.29, 1.82) is 0 Å². The Hall–Kier alpha value is -2.78. The standard InChI is InChI=1S/C23H19ClN2O/c1-15-6-8-17(9-7-15)23-26-21(19-4-2-3-5-22(19)27-23)14-20(25-26)16-10-12-18(24)13-11-16/h2-13,21,23H,14H2,1H3/t21-,23-/m1/s1. The summed E-state index contributed by atoms with van der Waals surface area (Å²) in [5.74, 6) is 0.942. The fourth-order valence-electron chi connectivity index (χ4n) is 3.80. The fraction of sp³-hybridized carbons (Fsp3) is 0.174. The number of hydrogen-bond acceptors (Lipinski definition) is 3. The molecule has 134 valence electrons. The minimum Gasteiger partial charge on any atom is -0.464 e. The Balaban J connectivity index is 1.58. The molecule has 3 aromatic rings. The molecule has 0 amide bonds. The molecule has 0 radical (unpaired) electrons. The predicted octanol–water partition coefficient (Wildman–Crippen LogP) is 5.89. The molecular formula is C23H19ClN2O. The van der Waals surface area contributed by atoms with E-state index < -0.39 is 0 Å². The van der Waals surface area contributed by atoms with Gasteiger partial charge in [0.1, 0.15) is 5.75 Å². The molecule has 0 fully saturated rings. The summed E-state index contributed by atoms with van der Waals surface area (Å²) in [6.45, 7) is 2.09. The van der Waals surface area contributed by atoms with E-state index in [2.05, 4.69) is 48.3 Å². The first-order valence-electron chi connectivity index (χ1n) is 9.13. The first-order chi connectivity index (χ1) is 13.2. The molecule has 0 N–H and O–H groups in total. The van der Waals surface area contributed by atoms with Gasteiger partial charge in [-0.2, -0.15) is 5.10 Å². The van der Waals surface area contributed by atoms with Crippen LogP contribution in [0.5, 0.6) is 5.75 Å². The number of nitrogens with zero attached hydrogens (tertiary/aromatic N) is 2. The number of ether oxygens (including phenoxy) is 1. The van der Waals surface area contributed by atoms with Crippen molar-refractivity contribution in [3.05, 3.63) is 100 Å². The van der Waals surface area contributed by atoms with Crippen LogP contribution in [-0.4, -0.2) is 10.7 Å². The molecule has 2 atom stereocenters. The quantitative estimate of drug-likeness (QED) is 0.558. The topological polar surface area (TPSA) is 24.8 Å². The van der Waals surface area contributed by atoms with Gasteiger partial charge in [0, 0.05) is 22.6 Å². The summed E-state index contributed by atoms with van der Waals surface area (Å²) in [5.41, 5.74) is 5.70. The number of hydrazone groups is 1. The summed E-state index contributed by atoms with van der Waals surface area (Å²) in [6, 6.07) is 24.8. The van der Waals surface area contributed by atoms with E-state index in [-0.39, 0.29) is 12.3 Å². The number of fused-ring (bicyclic) bond motifs is 3. The zero-order valence-corrected chi connectivity index (χ0v) is 15.7. The fourth-order valence-corrected chi connectivity index (χ4v) is 3.93. The van der Waals surface area contributed by atoms with Gasteiger partial charge in [0.25, 0.3) is 0 Å². The highest BCUT2D eigenvalue weighted by Crippen LogP contribution is 2.47. The van der Waals surface area contributed by atoms with E-state index in [0.717, 1.165) is 34.0 Å². The third-order valence-electron chi connectivity index (χ3n) is 5.24. The van der Waals surface area contributed by atoms with E-state index in [1.54, 1.807) is 0 Å². The number of hydrogen-bond donors (Lipinski definition) is 0. The Bertz CT molecular complexity index is 1010. The van der Waals surface area contributed by atoms with Crippen LogP contribution in [0.15, 0.2) is 77.9 Å². The molecule has 0 aromatic heterocycles. The van der Waals surface area contributed by atoms with Crippen LogP contribution in [-0.2, 0) is 0 Å². The summed E-state index contributed by atoms with van der Waals surface area (Å²) in [4.78, 5) is 0. The van der Waals surface area contributed by atoms with Crippen molar-refractivity contribution < 1.29 is 4.74 Å². The SMILES string of the molecule is Cc1ccc([C@H]2Oc3ccccc3[C@H]3CC(c4ccc(Cl)cc4)=NN32)cc1. The molecule has 2 heterocycles. The van der Waals surface area contributed by atoms with Crippen LogP contribution in [0.2, 0.25) is 5.02 Å². The maximum atomic E-state index is 6.37. The molecule has 27 heavy (non-hydrogen) atoms. The molecule has 2 aliphatic rings. The van der Waals surface area contributed by atoms with Crippen molar-refractivity contribution in [3.8, 4) is 5.75 Å². The molecule has 0 spiro atoms. The molecule has 0 unspecified atom stereocenters. The number of aryl methyl sites for hydroxylation is 1. The minimum absolute atomic E-state index is 0.173. The second-order valence-corrected chi connectivity index (χ2v) is 7.51. The van der Waals surface area contributed by atoms with Gasteiger partial charge in [-0.3, -0.25) is 0 Å². The van der Waals surface area contributed by atoms with Crippen LogP contribution in [0.1, 0.15) is 40.9 Å². The van der Waals surface area contributed by atoms with Gasteiger partial charge in [-0.05, 0) is 30.7 Å². The van der Waals surface area contributed by atoms with E-state index in [4.69, 9.17) is 21.4 Å². The number of rotatable bonds is 2. The van der Waals surface area contributed by atoms with Crippen molar-refractivity contribution in [2.24, 2.45) is 5.10 Å². The Morgan fingerprint density at radius 3 is 2.48 bits per heavy atom. The van der Waals surface area contributed by atoms with Crippen LogP contribution in [0.4, 0.5) is 0 Å². The second-order valence-electron chi connectivity index (χ2n) is 7.07. The minimum atomic E-state index is -0.227. The maximum absolute atomic E-state index is 6.37.